The molecule has 0 aliphatic carbocycles. The molecule has 0 saturated heterocycles. The summed E-state index contributed by atoms with van der Waals surface area (Å²) in [7, 11) is 0. The van der Waals surface area contributed by atoms with Gasteiger partial charge in [0.2, 0.25) is 0 Å². The van der Waals surface area contributed by atoms with Crippen LogP contribution < -0.4 is 5.84 Å². The molecule has 0 bridgehead atoms. The molecular formula is C8H10N2O2S. The average molecular weight is 198 g/mol. The van der Waals surface area contributed by atoms with Crippen LogP contribution in [-0.4, -0.2) is 13.2 Å². The number of nitrogens with zero attached hydrogens (tertiary/aromatic N) is 1. The quantitative estimate of drug-likeness (QED) is 0.432. The van der Waals surface area contributed by atoms with E-state index in [2.05, 4.69) is 0 Å². The Kier molecular flexibility index (Phi) is 3.63. The van der Waals surface area contributed by atoms with Gasteiger partial charge in [-0.1, -0.05) is 30.3 Å². The van der Waals surface area contributed by atoms with Gasteiger partial charge in [-0.25, -0.2) is 14.5 Å². The van der Waals surface area contributed by atoms with Crippen molar-refractivity contribution in [2.24, 2.45) is 5.84 Å². The van der Waals surface area contributed by atoms with Crippen molar-refractivity contribution in [3.8, 4) is 0 Å². The molecule has 0 aliphatic rings. The summed E-state index contributed by atoms with van der Waals surface area (Å²) >= 11 is -2.16. The Morgan fingerprint density at radius 3 is 2.54 bits per heavy atom. The van der Waals surface area contributed by atoms with Crippen LogP contribution in [0.3, 0.4) is 0 Å². The van der Waals surface area contributed by atoms with E-state index in [4.69, 9.17) is 10.4 Å². The Balaban J connectivity index is 2.64. The number of hydrogen-bond donors (Lipinski definition) is 2. The van der Waals surface area contributed by atoms with Gasteiger partial charge in [0.05, 0.1) is 0 Å². The van der Waals surface area contributed by atoms with Gasteiger partial charge >= 0.3 is 0 Å². The molecule has 3 N–H and O–H groups in total. The summed E-state index contributed by atoms with van der Waals surface area (Å²) in [6, 6.07) is 9.36. The molecule has 1 atom stereocenters. The fraction of sp³-hybridized carbons (Fsp3) is 0. The van der Waals surface area contributed by atoms with E-state index in [1.54, 1.807) is 6.08 Å². The Labute approximate surface area is 79.1 Å². The van der Waals surface area contributed by atoms with E-state index in [1.165, 1.54) is 6.20 Å². The third kappa shape index (κ3) is 3.37. The summed E-state index contributed by atoms with van der Waals surface area (Å²) < 4.78 is 19.6. The maximum Gasteiger partial charge on any atom is 0.276 e. The van der Waals surface area contributed by atoms with Crippen LogP contribution >= 0.6 is 0 Å². The highest BCUT2D eigenvalue weighted by molar-refractivity contribution is 7.76. The van der Waals surface area contributed by atoms with Gasteiger partial charge in [-0.2, -0.15) is 0 Å². The van der Waals surface area contributed by atoms with Gasteiger partial charge in [-0.3, -0.25) is 4.55 Å². The molecule has 0 fully saturated rings. The third-order valence-electron chi connectivity index (χ3n) is 1.39. The van der Waals surface area contributed by atoms with Crippen molar-refractivity contribution >= 4 is 17.3 Å². The first-order valence-corrected chi connectivity index (χ1v) is 4.64. The standard InChI is InChI=1S/C8H10N2O2S/c9-10(13(11)12)7-6-8-4-2-1-3-5-8/h1-7H,9H2,(H,11,12). The summed E-state index contributed by atoms with van der Waals surface area (Å²) in [5.74, 6) is 5.16. The number of hydrogen-bond acceptors (Lipinski definition) is 2. The lowest BCUT2D eigenvalue weighted by Gasteiger charge is -2.05. The lowest BCUT2D eigenvalue weighted by molar-refractivity contribution is 0.485. The second-order valence-electron chi connectivity index (χ2n) is 2.32. The van der Waals surface area contributed by atoms with Gasteiger partial charge in [0.1, 0.15) is 0 Å². The average Bonchev–Trinajstić information content (AvgIpc) is 2.15. The number of hydrazine groups is 1. The zero-order chi connectivity index (χ0) is 9.68. The summed E-state index contributed by atoms with van der Waals surface area (Å²) in [6.07, 6.45) is 2.99. The summed E-state index contributed by atoms with van der Waals surface area (Å²) in [5.41, 5.74) is 0.920. The van der Waals surface area contributed by atoms with Crippen LogP contribution in [0.25, 0.3) is 6.08 Å². The van der Waals surface area contributed by atoms with Crippen LogP contribution in [0.4, 0.5) is 0 Å². The molecule has 0 saturated carbocycles. The molecule has 1 aromatic rings. The number of benzene rings is 1. The van der Waals surface area contributed by atoms with Crippen LogP contribution in [0.5, 0.6) is 0 Å². The van der Waals surface area contributed by atoms with Gasteiger partial charge in [0.15, 0.2) is 0 Å². The first-order chi connectivity index (χ1) is 6.20. The summed E-state index contributed by atoms with van der Waals surface area (Å²) in [5, 5.41) is 0. The minimum Gasteiger partial charge on any atom is -0.288 e. The van der Waals surface area contributed by atoms with E-state index in [0.29, 0.717) is 4.41 Å². The smallest absolute Gasteiger partial charge is 0.276 e. The molecule has 0 aliphatic heterocycles. The van der Waals surface area contributed by atoms with Crippen molar-refractivity contribution in [1.82, 2.24) is 4.41 Å². The van der Waals surface area contributed by atoms with Gasteiger partial charge in [0, 0.05) is 6.20 Å². The molecule has 1 rings (SSSR count). The highest BCUT2D eigenvalue weighted by atomic mass is 32.2. The van der Waals surface area contributed by atoms with Crippen molar-refractivity contribution in [1.29, 1.82) is 0 Å². The normalized spacial score (nSPS) is 13.1. The minimum atomic E-state index is -2.16. The van der Waals surface area contributed by atoms with Gasteiger partial charge in [-0.15, -0.1) is 0 Å². The Hall–Kier alpha value is -1.17. The van der Waals surface area contributed by atoms with Crippen molar-refractivity contribution < 1.29 is 8.76 Å². The highest BCUT2D eigenvalue weighted by Crippen LogP contribution is 2.01. The van der Waals surface area contributed by atoms with Crippen molar-refractivity contribution in [2.45, 2.75) is 0 Å². The van der Waals surface area contributed by atoms with Crippen molar-refractivity contribution in [3.63, 3.8) is 0 Å². The molecule has 0 amide bonds. The van der Waals surface area contributed by atoms with Gasteiger partial charge < -0.3 is 0 Å². The Bertz CT molecular complexity index is 313. The van der Waals surface area contributed by atoms with E-state index in [9.17, 15) is 4.21 Å². The third-order valence-corrected chi connectivity index (χ3v) is 1.88. The second-order valence-corrected chi connectivity index (χ2v) is 3.20. The molecule has 5 heteroatoms. The first kappa shape index (κ1) is 9.91. The Morgan fingerprint density at radius 2 is 2.00 bits per heavy atom. The highest BCUT2D eigenvalue weighted by Gasteiger charge is 1.95. The fourth-order valence-electron chi connectivity index (χ4n) is 0.776. The molecule has 1 aromatic carbocycles. The van der Waals surface area contributed by atoms with E-state index >= 15 is 0 Å². The zero-order valence-corrected chi connectivity index (χ0v) is 7.65. The van der Waals surface area contributed by atoms with E-state index < -0.39 is 11.3 Å². The van der Waals surface area contributed by atoms with E-state index in [-0.39, 0.29) is 0 Å². The zero-order valence-electron chi connectivity index (χ0n) is 6.83. The predicted octanol–water partition coefficient (Wildman–Crippen LogP) is 0.970. The monoisotopic (exact) mass is 198 g/mol. The minimum absolute atomic E-state index is 0.715. The van der Waals surface area contributed by atoms with Crippen LogP contribution in [0, 0.1) is 0 Å². The van der Waals surface area contributed by atoms with Crippen molar-refractivity contribution in [2.75, 3.05) is 0 Å². The van der Waals surface area contributed by atoms with E-state index in [0.717, 1.165) is 5.56 Å². The van der Waals surface area contributed by atoms with Crippen LogP contribution in [-0.2, 0) is 11.3 Å². The van der Waals surface area contributed by atoms with Gasteiger partial charge in [-0.05, 0) is 11.6 Å². The molecule has 0 heterocycles. The van der Waals surface area contributed by atoms with Crippen LogP contribution in [0.15, 0.2) is 36.5 Å². The van der Waals surface area contributed by atoms with Gasteiger partial charge in [0.25, 0.3) is 11.3 Å². The molecule has 0 aromatic heterocycles. The predicted molar refractivity (Wildman–Crippen MR) is 52.3 cm³/mol. The topological polar surface area (TPSA) is 66.6 Å². The molecule has 13 heavy (non-hydrogen) atoms. The molecule has 70 valence electrons. The fourth-order valence-corrected chi connectivity index (χ4v) is 0.941. The summed E-state index contributed by atoms with van der Waals surface area (Å²) in [4.78, 5) is 0. The largest absolute Gasteiger partial charge is 0.288 e. The summed E-state index contributed by atoms with van der Waals surface area (Å²) in [6.45, 7) is 0. The van der Waals surface area contributed by atoms with Crippen LogP contribution in [0.2, 0.25) is 0 Å². The SMILES string of the molecule is NN(C=Cc1ccccc1)S(=O)O. The second kappa shape index (κ2) is 4.76. The maximum atomic E-state index is 10.4. The molecule has 1 unspecified atom stereocenters. The first-order valence-electron chi connectivity index (χ1n) is 3.58. The lowest BCUT2D eigenvalue weighted by Crippen LogP contribution is -2.26. The molecule has 0 spiro atoms. The maximum absolute atomic E-state index is 10.4. The van der Waals surface area contributed by atoms with E-state index in [1.807, 2.05) is 30.3 Å². The molecule has 4 nitrogen and oxygen atoms in total. The Morgan fingerprint density at radius 1 is 1.38 bits per heavy atom. The number of nitrogens with two attached hydrogens (primary N) is 1. The lowest BCUT2D eigenvalue weighted by atomic mass is 10.2. The number of rotatable bonds is 3. The molecular weight excluding hydrogens is 188 g/mol. The van der Waals surface area contributed by atoms with Crippen molar-refractivity contribution in [3.05, 3.63) is 42.1 Å². The van der Waals surface area contributed by atoms with Crippen LogP contribution in [0.1, 0.15) is 5.56 Å². The molecule has 0 radical (unpaired) electrons.